The normalized spacial score (nSPS) is 24.4. The van der Waals surface area contributed by atoms with Crippen LogP contribution in [-0.2, 0) is 9.53 Å². The highest BCUT2D eigenvalue weighted by Gasteiger charge is 2.28. The van der Waals surface area contributed by atoms with Crippen LogP contribution in [0.15, 0.2) is 24.3 Å². The summed E-state index contributed by atoms with van der Waals surface area (Å²) < 4.78 is 17.6. The fourth-order valence-electron chi connectivity index (χ4n) is 2.25. The zero-order valence-electron chi connectivity index (χ0n) is 9.78. The Bertz CT molecular complexity index is 391. The van der Waals surface area contributed by atoms with Crippen molar-refractivity contribution < 1.29 is 13.9 Å². The second-order valence-corrected chi connectivity index (χ2v) is 4.30. The van der Waals surface area contributed by atoms with Gasteiger partial charge >= 0.3 is 5.97 Å². The maximum absolute atomic E-state index is 12.8. The molecular formula is C13H16FNO2. The van der Waals surface area contributed by atoms with Crippen LogP contribution in [-0.4, -0.2) is 19.6 Å². The molecule has 1 fully saturated rings. The number of halogens is 1. The van der Waals surface area contributed by atoms with Gasteiger partial charge in [-0.1, -0.05) is 12.1 Å². The van der Waals surface area contributed by atoms with Gasteiger partial charge in [0.2, 0.25) is 0 Å². The zero-order chi connectivity index (χ0) is 12.3. The number of carbonyl (C=O) groups excluding carboxylic acids is 1. The average molecular weight is 237 g/mol. The molecule has 1 aliphatic heterocycles. The zero-order valence-corrected chi connectivity index (χ0v) is 9.78. The lowest BCUT2D eigenvalue weighted by molar-refractivity contribution is -0.146. The summed E-state index contributed by atoms with van der Waals surface area (Å²) in [4.78, 5) is 11.5. The number of hydrogen-bond donors (Lipinski definition) is 1. The molecule has 0 aliphatic carbocycles. The van der Waals surface area contributed by atoms with Crippen LogP contribution in [0.4, 0.5) is 4.39 Å². The summed E-state index contributed by atoms with van der Waals surface area (Å²) in [6.07, 6.45) is 1.50. The first-order chi connectivity index (χ1) is 8.20. The van der Waals surface area contributed by atoms with Crippen molar-refractivity contribution in [1.82, 2.24) is 5.32 Å². The number of methoxy groups -OCH3 is 1. The van der Waals surface area contributed by atoms with Crippen molar-refractivity contribution in [3.63, 3.8) is 0 Å². The Balaban J connectivity index is 2.06. The van der Waals surface area contributed by atoms with Gasteiger partial charge in [-0.05, 0) is 37.1 Å². The quantitative estimate of drug-likeness (QED) is 0.800. The highest BCUT2D eigenvalue weighted by Crippen LogP contribution is 2.27. The minimum atomic E-state index is -0.242. The first-order valence-corrected chi connectivity index (χ1v) is 5.77. The topological polar surface area (TPSA) is 38.3 Å². The van der Waals surface area contributed by atoms with Crippen LogP contribution >= 0.6 is 0 Å². The van der Waals surface area contributed by atoms with Crippen LogP contribution < -0.4 is 5.32 Å². The van der Waals surface area contributed by atoms with Gasteiger partial charge in [-0.15, -0.1) is 0 Å². The molecule has 0 bridgehead atoms. The third-order valence-electron chi connectivity index (χ3n) is 3.21. The molecule has 92 valence electrons. The first kappa shape index (κ1) is 12.0. The summed E-state index contributed by atoms with van der Waals surface area (Å²) in [6.45, 7) is 0.780. The van der Waals surface area contributed by atoms with Gasteiger partial charge in [0.15, 0.2) is 0 Å². The van der Waals surface area contributed by atoms with Crippen LogP contribution in [0.3, 0.4) is 0 Å². The molecular weight excluding hydrogens is 221 g/mol. The molecule has 1 heterocycles. The molecule has 1 aliphatic rings. The summed E-state index contributed by atoms with van der Waals surface area (Å²) in [6, 6.07) is 6.50. The highest BCUT2D eigenvalue weighted by atomic mass is 19.1. The molecule has 1 aromatic carbocycles. The fourth-order valence-corrected chi connectivity index (χ4v) is 2.25. The standard InChI is InChI=1S/C13H16FNO2/c1-17-13(16)10-6-7-15-12(8-10)9-2-4-11(14)5-3-9/h2-5,10,12,15H,6-8H2,1H3. The van der Waals surface area contributed by atoms with Crippen molar-refractivity contribution in [1.29, 1.82) is 0 Å². The Morgan fingerprint density at radius 2 is 2.12 bits per heavy atom. The van der Waals surface area contributed by atoms with E-state index >= 15 is 0 Å². The third-order valence-corrected chi connectivity index (χ3v) is 3.21. The molecule has 1 saturated heterocycles. The summed E-state index contributed by atoms with van der Waals surface area (Å²) in [5, 5.41) is 3.33. The van der Waals surface area contributed by atoms with Crippen molar-refractivity contribution in [3.8, 4) is 0 Å². The minimum absolute atomic E-state index is 0.0590. The molecule has 0 spiro atoms. The van der Waals surface area contributed by atoms with E-state index in [4.69, 9.17) is 4.74 Å². The Morgan fingerprint density at radius 1 is 1.41 bits per heavy atom. The highest BCUT2D eigenvalue weighted by molar-refractivity contribution is 5.72. The lowest BCUT2D eigenvalue weighted by atomic mass is 9.89. The van der Waals surface area contributed by atoms with E-state index in [1.165, 1.54) is 19.2 Å². The largest absolute Gasteiger partial charge is 0.469 e. The molecule has 1 N–H and O–H groups in total. The van der Waals surface area contributed by atoms with E-state index in [1.807, 2.05) is 0 Å². The summed E-state index contributed by atoms with van der Waals surface area (Å²) in [7, 11) is 1.41. The second kappa shape index (κ2) is 5.27. The number of piperidine rings is 1. The van der Waals surface area contributed by atoms with Gasteiger partial charge in [-0.2, -0.15) is 0 Å². The van der Waals surface area contributed by atoms with Crippen molar-refractivity contribution >= 4 is 5.97 Å². The smallest absolute Gasteiger partial charge is 0.308 e. The number of benzene rings is 1. The third kappa shape index (κ3) is 2.82. The van der Waals surface area contributed by atoms with Gasteiger partial charge in [-0.3, -0.25) is 4.79 Å². The van der Waals surface area contributed by atoms with E-state index in [1.54, 1.807) is 12.1 Å². The van der Waals surface area contributed by atoms with Crippen molar-refractivity contribution in [3.05, 3.63) is 35.6 Å². The average Bonchev–Trinajstić information content (AvgIpc) is 2.39. The number of esters is 1. The molecule has 0 radical (unpaired) electrons. The molecule has 0 amide bonds. The van der Waals surface area contributed by atoms with E-state index in [2.05, 4.69) is 5.32 Å². The molecule has 0 aromatic heterocycles. The lowest BCUT2D eigenvalue weighted by Gasteiger charge is -2.29. The molecule has 1 aromatic rings. The summed E-state index contributed by atoms with van der Waals surface area (Å²) in [5.74, 6) is -0.455. The molecule has 2 atom stereocenters. The van der Waals surface area contributed by atoms with E-state index in [-0.39, 0.29) is 23.7 Å². The Hall–Kier alpha value is -1.42. The predicted molar refractivity (Wildman–Crippen MR) is 61.9 cm³/mol. The maximum atomic E-state index is 12.8. The molecule has 4 heteroatoms. The number of carbonyl (C=O) groups is 1. The van der Waals surface area contributed by atoms with Gasteiger partial charge in [0.25, 0.3) is 0 Å². The van der Waals surface area contributed by atoms with Gasteiger partial charge in [0, 0.05) is 6.04 Å². The van der Waals surface area contributed by atoms with Gasteiger partial charge in [-0.25, -0.2) is 4.39 Å². The van der Waals surface area contributed by atoms with Gasteiger partial charge in [0.1, 0.15) is 5.82 Å². The Morgan fingerprint density at radius 3 is 2.76 bits per heavy atom. The van der Waals surface area contributed by atoms with Crippen LogP contribution in [0.25, 0.3) is 0 Å². The Labute approximate surface area is 100.0 Å². The fraction of sp³-hybridized carbons (Fsp3) is 0.462. The van der Waals surface area contributed by atoms with E-state index in [0.29, 0.717) is 6.42 Å². The number of nitrogens with one attached hydrogen (secondary N) is 1. The van der Waals surface area contributed by atoms with Crippen molar-refractivity contribution in [2.45, 2.75) is 18.9 Å². The second-order valence-electron chi connectivity index (χ2n) is 4.30. The number of hydrogen-bond acceptors (Lipinski definition) is 3. The number of ether oxygens (including phenoxy) is 1. The lowest BCUT2D eigenvalue weighted by Crippen LogP contribution is -2.35. The summed E-state index contributed by atoms with van der Waals surface area (Å²) >= 11 is 0. The molecule has 17 heavy (non-hydrogen) atoms. The van der Waals surface area contributed by atoms with Crippen molar-refractivity contribution in [2.24, 2.45) is 5.92 Å². The van der Waals surface area contributed by atoms with E-state index in [9.17, 15) is 9.18 Å². The monoisotopic (exact) mass is 237 g/mol. The van der Waals surface area contributed by atoms with Crippen LogP contribution in [0.2, 0.25) is 0 Å². The molecule has 2 unspecified atom stereocenters. The Kier molecular flexibility index (Phi) is 3.74. The number of rotatable bonds is 2. The van der Waals surface area contributed by atoms with Crippen molar-refractivity contribution in [2.75, 3.05) is 13.7 Å². The van der Waals surface area contributed by atoms with E-state index in [0.717, 1.165) is 18.5 Å². The summed E-state index contributed by atoms with van der Waals surface area (Å²) in [5.41, 5.74) is 1.01. The van der Waals surface area contributed by atoms with Gasteiger partial charge in [0.05, 0.1) is 13.0 Å². The predicted octanol–water partition coefficient (Wildman–Crippen LogP) is 2.04. The first-order valence-electron chi connectivity index (χ1n) is 5.77. The molecule has 0 saturated carbocycles. The molecule has 2 rings (SSSR count). The minimum Gasteiger partial charge on any atom is -0.469 e. The SMILES string of the molecule is COC(=O)C1CCNC(c2ccc(F)cc2)C1. The molecule has 3 nitrogen and oxygen atoms in total. The maximum Gasteiger partial charge on any atom is 0.308 e. The van der Waals surface area contributed by atoms with Crippen LogP contribution in [0, 0.1) is 11.7 Å². The van der Waals surface area contributed by atoms with Crippen LogP contribution in [0.5, 0.6) is 0 Å². The van der Waals surface area contributed by atoms with Gasteiger partial charge < -0.3 is 10.1 Å². The van der Waals surface area contributed by atoms with E-state index < -0.39 is 0 Å². The van der Waals surface area contributed by atoms with Crippen LogP contribution in [0.1, 0.15) is 24.4 Å².